The normalized spacial score (nSPS) is 14.4. The highest BCUT2D eigenvalue weighted by molar-refractivity contribution is 5.96. The maximum absolute atomic E-state index is 14.1. The van der Waals surface area contributed by atoms with Gasteiger partial charge in [0.15, 0.2) is 17.3 Å². The molecule has 1 aliphatic rings. The second kappa shape index (κ2) is 13.2. The molecule has 1 fully saturated rings. The zero-order chi connectivity index (χ0) is 27.8. The topological polar surface area (TPSA) is 90.2 Å². The maximum Gasteiger partial charge on any atom is 0.290 e. The van der Waals surface area contributed by atoms with E-state index in [2.05, 4.69) is 5.32 Å². The predicted molar refractivity (Wildman–Crippen MR) is 148 cm³/mol. The first-order valence-corrected chi connectivity index (χ1v) is 13.5. The number of amides is 2. The maximum atomic E-state index is 14.1. The fraction of sp³-hybridized carbons (Fsp3) is 0.419. The highest BCUT2D eigenvalue weighted by Gasteiger charge is 2.35. The smallest absolute Gasteiger partial charge is 0.290 e. The Bertz CT molecular complexity index is 1220. The Labute approximate surface area is 230 Å². The van der Waals surface area contributed by atoms with Gasteiger partial charge < -0.3 is 28.8 Å². The molecule has 2 amide bonds. The van der Waals surface area contributed by atoms with Crippen LogP contribution in [0.5, 0.6) is 17.2 Å². The molecule has 0 aliphatic heterocycles. The summed E-state index contributed by atoms with van der Waals surface area (Å²) >= 11 is 0. The number of carbonyl (C=O) groups is 2. The lowest BCUT2D eigenvalue weighted by atomic mass is 9.94. The van der Waals surface area contributed by atoms with Gasteiger partial charge in [-0.2, -0.15) is 0 Å². The van der Waals surface area contributed by atoms with E-state index in [-0.39, 0.29) is 23.6 Å². The van der Waals surface area contributed by atoms with Crippen molar-refractivity contribution in [2.45, 2.75) is 57.5 Å². The predicted octanol–water partition coefficient (Wildman–Crippen LogP) is 5.49. The fourth-order valence-electron chi connectivity index (χ4n) is 5.28. The molecule has 1 N–H and O–H groups in total. The zero-order valence-electron chi connectivity index (χ0n) is 23.2. The number of nitrogens with zero attached hydrogens (tertiary/aromatic N) is 1. The van der Waals surface area contributed by atoms with Crippen LogP contribution in [0.3, 0.4) is 0 Å². The van der Waals surface area contributed by atoms with Crippen LogP contribution in [0.25, 0.3) is 0 Å². The van der Waals surface area contributed by atoms with Gasteiger partial charge in [0.2, 0.25) is 11.7 Å². The van der Waals surface area contributed by atoms with Crippen LogP contribution < -0.4 is 19.5 Å². The van der Waals surface area contributed by atoms with E-state index in [0.29, 0.717) is 35.8 Å². The van der Waals surface area contributed by atoms with E-state index in [1.54, 1.807) is 29.2 Å². The van der Waals surface area contributed by atoms with Crippen molar-refractivity contribution in [3.8, 4) is 17.2 Å². The summed E-state index contributed by atoms with van der Waals surface area (Å²) in [6.45, 7) is 2.34. The van der Waals surface area contributed by atoms with Crippen molar-refractivity contribution in [1.29, 1.82) is 0 Å². The summed E-state index contributed by atoms with van der Waals surface area (Å²) in [5, 5.41) is 3.23. The van der Waals surface area contributed by atoms with E-state index in [1.165, 1.54) is 34.0 Å². The van der Waals surface area contributed by atoms with E-state index in [9.17, 15) is 9.59 Å². The molecule has 1 aliphatic carbocycles. The Balaban J connectivity index is 1.79. The van der Waals surface area contributed by atoms with Gasteiger partial charge in [0.05, 0.1) is 27.6 Å². The van der Waals surface area contributed by atoms with E-state index in [0.717, 1.165) is 36.8 Å². The first-order chi connectivity index (χ1) is 19.0. The van der Waals surface area contributed by atoms with Crippen LogP contribution in [0.4, 0.5) is 0 Å². The van der Waals surface area contributed by atoms with E-state index >= 15 is 0 Å². The minimum Gasteiger partial charge on any atom is -0.493 e. The van der Waals surface area contributed by atoms with Crippen LogP contribution in [-0.2, 0) is 11.2 Å². The van der Waals surface area contributed by atoms with Gasteiger partial charge >= 0.3 is 0 Å². The number of furan rings is 1. The lowest BCUT2D eigenvalue weighted by Crippen LogP contribution is -2.47. The molecule has 0 radical (unpaired) electrons. The molecule has 8 nitrogen and oxygen atoms in total. The van der Waals surface area contributed by atoms with Gasteiger partial charge in [-0.25, -0.2) is 0 Å². The molecule has 0 spiro atoms. The monoisotopic (exact) mass is 534 g/mol. The van der Waals surface area contributed by atoms with Crippen LogP contribution in [0.15, 0.2) is 59.2 Å². The molecule has 3 aromatic rings. The van der Waals surface area contributed by atoms with Crippen molar-refractivity contribution in [1.82, 2.24) is 10.2 Å². The highest BCUT2D eigenvalue weighted by atomic mass is 16.5. The molecule has 2 aromatic carbocycles. The van der Waals surface area contributed by atoms with Crippen molar-refractivity contribution in [2.24, 2.45) is 0 Å². The third kappa shape index (κ3) is 6.56. The van der Waals surface area contributed by atoms with E-state index in [4.69, 9.17) is 18.6 Å². The minimum absolute atomic E-state index is 0.0627. The molecule has 0 bridgehead atoms. The van der Waals surface area contributed by atoms with Gasteiger partial charge in [-0.15, -0.1) is 0 Å². The van der Waals surface area contributed by atoms with Crippen LogP contribution in [0.2, 0.25) is 0 Å². The Hall–Kier alpha value is -3.94. The average molecular weight is 535 g/mol. The van der Waals surface area contributed by atoms with Gasteiger partial charge in [0.1, 0.15) is 6.04 Å². The molecule has 0 saturated heterocycles. The van der Waals surface area contributed by atoms with Crippen LogP contribution in [0, 0.1) is 6.92 Å². The second-order valence-electron chi connectivity index (χ2n) is 9.86. The Morgan fingerprint density at radius 1 is 0.974 bits per heavy atom. The molecular weight excluding hydrogens is 496 g/mol. The summed E-state index contributed by atoms with van der Waals surface area (Å²) in [5.74, 6) is 0.784. The zero-order valence-corrected chi connectivity index (χ0v) is 23.2. The summed E-state index contributed by atoms with van der Waals surface area (Å²) in [6, 6.07) is 13.9. The molecule has 208 valence electrons. The van der Waals surface area contributed by atoms with Gasteiger partial charge in [0.25, 0.3) is 5.91 Å². The van der Waals surface area contributed by atoms with Crippen molar-refractivity contribution in [3.05, 3.63) is 77.2 Å². The minimum atomic E-state index is -0.956. The number of aryl methyl sites for hydroxylation is 1. The lowest BCUT2D eigenvalue weighted by Gasteiger charge is -2.33. The number of rotatable bonds is 11. The molecule has 39 heavy (non-hydrogen) atoms. The summed E-state index contributed by atoms with van der Waals surface area (Å²) < 4.78 is 22.2. The summed E-state index contributed by atoms with van der Waals surface area (Å²) in [5.41, 5.74) is 2.78. The average Bonchev–Trinajstić information content (AvgIpc) is 3.50. The number of benzene rings is 2. The van der Waals surface area contributed by atoms with Crippen molar-refractivity contribution in [2.75, 3.05) is 27.9 Å². The van der Waals surface area contributed by atoms with Crippen LogP contribution >= 0.6 is 0 Å². The first kappa shape index (κ1) is 28.1. The Morgan fingerprint density at radius 3 is 2.26 bits per heavy atom. The van der Waals surface area contributed by atoms with Gasteiger partial charge in [-0.05, 0) is 67.1 Å². The van der Waals surface area contributed by atoms with Gasteiger partial charge in [-0.3, -0.25) is 9.59 Å². The molecule has 8 heteroatoms. The largest absolute Gasteiger partial charge is 0.493 e. The quantitative estimate of drug-likeness (QED) is 0.350. The first-order valence-electron chi connectivity index (χ1n) is 13.5. The summed E-state index contributed by atoms with van der Waals surface area (Å²) in [4.78, 5) is 29.6. The number of methoxy groups -OCH3 is 3. The van der Waals surface area contributed by atoms with Crippen LogP contribution in [-0.4, -0.2) is 50.6 Å². The Kier molecular flexibility index (Phi) is 9.52. The summed E-state index contributed by atoms with van der Waals surface area (Å²) in [6.07, 6.45) is 7.18. The SMILES string of the molecule is COc1cc([C@H](C(=O)NC2CCCCC2)N(CCc2ccccc2C)C(=O)c2ccco2)cc(OC)c1OC. The molecule has 0 unspecified atom stereocenters. The number of carbonyl (C=O) groups excluding carboxylic acids is 2. The highest BCUT2D eigenvalue weighted by Crippen LogP contribution is 2.41. The lowest BCUT2D eigenvalue weighted by molar-refractivity contribution is -0.126. The van der Waals surface area contributed by atoms with Crippen LogP contribution in [0.1, 0.15) is 65.4 Å². The number of nitrogens with one attached hydrogen (secondary N) is 1. The van der Waals surface area contributed by atoms with Crippen molar-refractivity contribution in [3.63, 3.8) is 0 Å². The summed E-state index contributed by atoms with van der Waals surface area (Å²) in [7, 11) is 4.59. The van der Waals surface area contributed by atoms with Crippen molar-refractivity contribution < 1.29 is 28.2 Å². The second-order valence-corrected chi connectivity index (χ2v) is 9.86. The molecule has 1 atom stereocenters. The molecule has 1 aromatic heterocycles. The van der Waals surface area contributed by atoms with Gasteiger partial charge in [0, 0.05) is 12.6 Å². The standard InChI is InChI=1S/C31H38N2O6/c1-21-11-8-9-12-22(21)16-17-33(31(35)25-15-10-18-39-25)28(30(34)32-24-13-6-5-7-14-24)23-19-26(36-2)29(38-4)27(20-23)37-3/h8-12,15,18-20,24,28H,5-7,13-14,16-17H2,1-4H3,(H,32,34)/t28-/m1/s1. The number of hydrogen-bond donors (Lipinski definition) is 1. The van der Waals surface area contributed by atoms with Gasteiger partial charge in [-0.1, -0.05) is 43.5 Å². The molecular formula is C31H38N2O6. The molecule has 4 rings (SSSR count). The number of ether oxygens (including phenoxy) is 3. The third-order valence-electron chi connectivity index (χ3n) is 7.39. The van der Waals surface area contributed by atoms with Crippen molar-refractivity contribution >= 4 is 11.8 Å². The number of hydrogen-bond acceptors (Lipinski definition) is 6. The Morgan fingerprint density at radius 2 is 1.67 bits per heavy atom. The van der Waals surface area contributed by atoms with E-state index in [1.807, 2.05) is 31.2 Å². The van der Waals surface area contributed by atoms with E-state index < -0.39 is 6.04 Å². The fourth-order valence-corrected chi connectivity index (χ4v) is 5.28. The molecule has 1 saturated carbocycles. The molecule has 1 heterocycles. The third-order valence-corrected chi connectivity index (χ3v) is 7.39.